The normalized spacial score (nSPS) is 22.6. The van der Waals surface area contributed by atoms with Crippen LogP contribution in [0.1, 0.15) is 61.4 Å². The Bertz CT molecular complexity index is 464. The zero-order valence-electron chi connectivity index (χ0n) is 12.4. The molecule has 1 aliphatic carbocycles. The van der Waals surface area contributed by atoms with Crippen LogP contribution >= 0.6 is 15.9 Å². The molecule has 0 unspecified atom stereocenters. The first-order valence-electron chi connectivity index (χ1n) is 7.67. The standard InChI is InChI=1S/C17H24BrNO/c1-3-4-13-5-8-15(9-6-13)19-17(20)14-7-10-16(18)12(2)11-14/h7,10-11,13,15H,3-6,8-9H2,1-2H3,(H,19,20). The monoisotopic (exact) mass is 337 g/mol. The molecule has 1 N–H and O–H groups in total. The van der Waals surface area contributed by atoms with Crippen LogP contribution in [0.4, 0.5) is 0 Å². The topological polar surface area (TPSA) is 29.1 Å². The van der Waals surface area contributed by atoms with E-state index in [4.69, 9.17) is 0 Å². The lowest BCUT2D eigenvalue weighted by atomic mass is 9.83. The number of rotatable bonds is 4. The Balaban J connectivity index is 1.87. The van der Waals surface area contributed by atoms with Gasteiger partial charge in [0.05, 0.1) is 0 Å². The van der Waals surface area contributed by atoms with Crippen LogP contribution in [0.2, 0.25) is 0 Å². The number of hydrogen-bond acceptors (Lipinski definition) is 1. The lowest BCUT2D eigenvalue weighted by Gasteiger charge is -2.29. The molecule has 0 saturated heterocycles. The Labute approximate surface area is 130 Å². The average Bonchev–Trinajstić information content (AvgIpc) is 2.44. The minimum absolute atomic E-state index is 0.0690. The summed E-state index contributed by atoms with van der Waals surface area (Å²) in [5, 5.41) is 3.19. The first-order chi connectivity index (χ1) is 9.60. The van der Waals surface area contributed by atoms with Gasteiger partial charge in [0.15, 0.2) is 0 Å². The number of benzene rings is 1. The molecular weight excluding hydrogens is 314 g/mol. The average molecular weight is 338 g/mol. The van der Waals surface area contributed by atoms with Gasteiger partial charge in [0.1, 0.15) is 0 Å². The van der Waals surface area contributed by atoms with Crippen molar-refractivity contribution in [2.24, 2.45) is 5.92 Å². The van der Waals surface area contributed by atoms with Crippen molar-refractivity contribution in [1.29, 1.82) is 0 Å². The molecule has 0 spiro atoms. The van der Waals surface area contributed by atoms with Crippen molar-refractivity contribution in [2.75, 3.05) is 0 Å². The quantitative estimate of drug-likeness (QED) is 0.836. The predicted octanol–water partition coefficient (Wildman–Crippen LogP) is 4.85. The molecule has 110 valence electrons. The first kappa shape index (κ1) is 15.6. The molecule has 2 rings (SSSR count). The van der Waals surface area contributed by atoms with Gasteiger partial charge < -0.3 is 5.32 Å². The van der Waals surface area contributed by atoms with Gasteiger partial charge in [-0.05, 0) is 62.3 Å². The zero-order chi connectivity index (χ0) is 14.5. The molecule has 3 heteroatoms. The van der Waals surface area contributed by atoms with E-state index >= 15 is 0 Å². The number of amides is 1. The van der Waals surface area contributed by atoms with E-state index in [-0.39, 0.29) is 5.91 Å². The fourth-order valence-corrected chi connectivity index (χ4v) is 3.30. The van der Waals surface area contributed by atoms with Gasteiger partial charge in [-0.25, -0.2) is 0 Å². The van der Waals surface area contributed by atoms with Crippen LogP contribution < -0.4 is 5.32 Å². The van der Waals surface area contributed by atoms with E-state index in [0.29, 0.717) is 6.04 Å². The van der Waals surface area contributed by atoms with Crippen LogP contribution in [0.5, 0.6) is 0 Å². The van der Waals surface area contributed by atoms with Crippen molar-refractivity contribution in [1.82, 2.24) is 5.32 Å². The van der Waals surface area contributed by atoms with Gasteiger partial charge in [-0.3, -0.25) is 4.79 Å². The van der Waals surface area contributed by atoms with Crippen molar-refractivity contribution in [2.45, 2.75) is 58.4 Å². The highest BCUT2D eigenvalue weighted by Gasteiger charge is 2.22. The Morgan fingerprint density at radius 2 is 2.00 bits per heavy atom. The molecule has 2 nitrogen and oxygen atoms in total. The molecular formula is C17H24BrNO. The summed E-state index contributed by atoms with van der Waals surface area (Å²) in [7, 11) is 0. The minimum atomic E-state index is 0.0690. The summed E-state index contributed by atoms with van der Waals surface area (Å²) in [5.74, 6) is 0.947. The second-order valence-electron chi connectivity index (χ2n) is 5.94. The molecule has 1 aliphatic rings. The molecule has 1 aromatic rings. The van der Waals surface area contributed by atoms with Crippen LogP contribution in [0, 0.1) is 12.8 Å². The van der Waals surface area contributed by atoms with Gasteiger partial charge in [-0.1, -0.05) is 35.7 Å². The number of nitrogens with one attached hydrogen (secondary N) is 1. The Kier molecular flexibility index (Phi) is 5.64. The molecule has 20 heavy (non-hydrogen) atoms. The van der Waals surface area contributed by atoms with Gasteiger partial charge in [0.2, 0.25) is 0 Å². The van der Waals surface area contributed by atoms with Crippen molar-refractivity contribution < 1.29 is 4.79 Å². The zero-order valence-corrected chi connectivity index (χ0v) is 14.0. The van der Waals surface area contributed by atoms with Crippen molar-refractivity contribution >= 4 is 21.8 Å². The van der Waals surface area contributed by atoms with Crippen LogP contribution in [0.25, 0.3) is 0 Å². The van der Waals surface area contributed by atoms with Crippen LogP contribution in [0.3, 0.4) is 0 Å². The van der Waals surface area contributed by atoms with Gasteiger partial charge in [-0.15, -0.1) is 0 Å². The number of carbonyl (C=O) groups excluding carboxylic acids is 1. The van der Waals surface area contributed by atoms with Crippen molar-refractivity contribution in [3.8, 4) is 0 Å². The maximum Gasteiger partial charge on any atom is 0.251 e. The van der Waals surface area contributed by atoms with Crippen LogP contribution in [0.15, 0.2) is 22.7 Å². The summed E-state index contributed by atoms with van der Waals surface area (Å²) in [4.78, 5) is 12.3. The minimum Gasteiger partial charge on any atom is -0.349 e. The predicted molar refractivity (Wildman–Crippen MR) is 87.0 cm³/mol. The molecule has 0 heterocycles. The van der Waals surface area contributed by atoms with Crippen molar-refractivity contribution in [3.63, 3.8) is 0 Å². The van der Waals surface area contributed by atoms with E-state index in [1.807, 2.05) is 25.1 Å². The second-order valence-corrected chi connectivity index (χ2v) is 6.80. The highest BCUT2D eigenvalue weighted by atomic mass is 79.9. The maximum absolute atomic E-state index is 12.3. The largest absolute Gasteiger partial charge is 0.349 e. The Morgan fingerprint density at radius 1 is 1.30 bits per heavy atom. The van der Waals surface area contributed by atoms with Crippen molar-refractivity contribution in [3.05, 3.63) is 33.8 Å². The SMILES string of the molecule is CCCC1CCC(NC(=O)c2ccc(Br)c(C)c2)CC1. The molecule has 1 amide bonds. The molecule has 0 atom stereocenters. The van der Waals surface area contributed by atoms with Gasteiger partial charge in [0, 0.05) is 16.1 Å². The lowest BCUT2D eigenvalue weighted by molar-refractivity contribution is 0.0921. The summed E-state index contributed by atoms with van der Waals surface area (Å²) in [6, 6.07) is 6.14. The first-order valence-corrected chi connectivity index (χ1v) is 8.46. The number of carbonyl (C=O) groups is 1. The van der Waals surface area contributed by atoms with E-state index in [0.717, 1.165) is 34.4 Å². The summed E-state index contributed by atoms with van der Waals surface area (Å²) < 4.78 is 1.05. The summed E-state index contributed by atoms with van der Waals surface area (Å²) in [5.41, 5.74) is 1.87. The number of aryl methyl sites for hydroxylation is 1. The second kappa shape index (κ2) is 7.26. The highest BCUT2D eigenvalue weighted by Crippen LogP contribution is 2.28. The Morgan fingerprint density at radius 3 is 2.60 bits per heavy atom. The van der Waals surface area contributed by atoms with Crippen LogP contribution in [-0.4, -0.2) is 11.9 Å². The van der Waals surface area contributed by atoms with E-state index in [2.05, 4.69) is 28.2 Å². The van der Waals surface area contributed by atoms with Crippen LogP contribution in [-0.2, 0) is 0 Å². The third kappa shape index (κ3) is 4.08. The van der Waals surface area contributed by atoms with E-state index in [1.54, 1.807) is 0 Å². The lowest BCUT2D eigenvalue weighted by Crippen LogP contribution is -2.37. The van der Waals surface area contributed by atoms with Gasteiger partial charge in [0.25, 0.3) is 5.91 Å². The molecule has 0 aromatic heterocycles. The fraction of sp³-hybridized carbons (Fsp3) is 0.588. The third-order valence-electron chi connectivity index (χ3n) is 4.30. The van der Waals surface area contributed by atoms with E-state index < -0.39 is 0 Å². The van der Waals surface area contributed by atoms with E-state index in [9.17, 15) is 4.79 Å². The maximum atomic E-state index is 12.3. The third-order valence-corrected chi connectivity index (χ3v) is 5.19. The van der Waals surface area contributed by atoms with Gasteiger partial charge >= 0.3 is 0 Å². The summed E-state index contributed by atoms with van der Waals surface area (Å²) >= 11 is 3.47. The Hall–Kier alpha value is -0.830. The number of hydrogen-bond donors (Lipinski definition) is 1. The smallest absolute Gasteiger partial charge is 0.251 e. The molecule has 1 fully saturated rings. The molecule has 0 aliphatic heterocycles. The molecule has 1 aromatic carbocycles. The number of halogens is 1. The molecule has 1 saturated carbocycles. The molecule has 0 radical (unpaired) electrons. The summed E-state index contributed by atoms with van der Waals surface area (Å²) in [6.45, 7) is 4.26. The molecule has 0 bridgehead atoms. The van der Waals surface area contributed by atoms with E-state index in [1.165, 1.54) is 25.7 Å². The highest BCUT2D eigenvalue weighted by molar-refractivity contribution is 9.10. The van der Waals surface area contributed by atoms with Gasteiger partial charge in [-0.2, -0.15) is 0 Å². The summed E-state index contributed by atoms with van der Waals surface area (Å²) in [6.07, 6.45) is 7.40. The fourth-order valence-electron chi connectivity index (χ4n) is 3.06.